The van der Waals surface area contributed by atoms with Gasteiger partial charge in [0.25, 0.3) is 5.91 Å². The smallest absolute Gasteiger partial charge is 0.269 e. The van der Waals surface area contributed by atoms with Gasteiger partial charge in [-0.1, -0.05) is 6.07 Å². The number of aromatic nitrogens is 1. The van der Waals surface area contributed by atoms with Crippen LogP contribution in [0.4, 0.5) is 0 Å². The average Bonchev–Trinajstić information content (AvgIpc) is 2.39. The summed E-state index contributed by atoms with van der Waals surface area (Å²) in [6.45, 7) is 0.738. The molecular formula is C13H19N3O. The van der Waals surface area contributed by atoms with Crippen LogP contribution in [0.15, 0.2) is 24.4 Å². The van der Waals surface area contributed by atoms with E-state index in [1.165, 1.54) is 0 Å². The number of rotatable bonds is 3. The molecule has 1 aliphatic carbocycles. The fraction of sp³-hybridized carbons (Fsp3) is 0.538. The van der Waals surface area contributed by atoms with Crippen molar-refractivity contribution in [3.63, 3.8) is 0 Å². The molecule has 1 fully saturated rings. The van der Waals surface area contributed by atoms with E-state index in [-0.39, 0.29) is 5.91 Å². The molecule has 17 heavy (non-hydrogen) atoms. The Labute approximate surface area is 102 Å². The van der Waals surface area contributed by atoms with Crippen molar-refractivity contribution in [2.75, 3.05) is 6.54 Å². The van der Waals surface area contributed by atoms with Crippen molar-refractivity contribution >= 4 is 5.91 Å². The number of hydrogen-bond acceptors (Lipinski definition) is 3. The number of nitrogens with one attached hydrogen (secondary N) is 1. The molecule has 1 aromatic rings. The molecule has 1 saturated carbocycles. The topological polar surface area (TPSA) is 68.0 Å². The molecule has 0 bridgehead atoms. The monoisotopic (exact) mass is 233 g/mol. The minimum Gasteiger partial charge on any atom is -0.350 e. The van der Waals surface area contributed by atoms with E-state index in [0.29, 0.717) is 17.7 Å². The third-order valence-corrected chi connectivity index (χ3v) is 3.34. The van der Waals surface area contributed by atoms with Crippen LogP contribution < -0.4 is 11.1 Å². The maximum Gasteiger partial charge on any atom is 0.269 e. The van der Waals surface area contributed by atoms with Gasteiger partial charge in [-0.3, -0.25) is 9.78 Å². The largest absolute Gasteiger partial charge is 0.350 e. The lowest BCUT2D eigenvalue weighted by Gasteiger charge is -2.26. The van der Waals surface area contributed by atoms with Gasteiger partial charge >= 0.3 is 0 Å². The van der Waals surface area contributed by atoms with Crippen LogP contribution in [0.25, 0.3) is 0 Å². The predicted octanol–water partition coefficient (Wildman–Crippen LogP) is 1.33. The zero-order chi connectivity index (χ0) is 12.1. The first kappa shape index (κ1) is 12.0. The van der Waals surface area contributed by atoms with Crippen LogP contribution in [-0.2, 0) is 0 Å². The Morgan fingerprint density at radius 1 is 1.35 bits per heavy atom. The molecular weight excluding hydrogens is 214 g/mol. The molecule has 0 aromatic carbocycles. The van der Waals surface area contributed by atoms with Crippen molar-refractivity contribution in [1.82, 2.24) is 10.3 Å². The number of pyridine rings is 1. The number of amides is 1. The summed E-state index contributed by atoms with van der Waals surface area (Å²) >= 11 is 0. The van der Waals surface area contributed by atoms with E-state index >= 15 is 0 Å². The summed E-state index contributed by atoms with van der Waals surface area (Å²) in [5.41, 5.74) is 6.33. The highest BCUT2D eigenvalue weighted by molar-refractivity contribution is 5.92. The molecule has 0 aliphatic heterocycles. The van der Waals surface area contributed by atoms with Crippen LogP contribution in [0.5, 0.6) is 0 Å². The molecule has 1 aliphatic rings. The zero-order valence-corrected chi connectivity index (χ0v) is 9.93. The van der Waals surface area contributed by atoms with Gasteiger partial charge < -0.3 is 11.1 Å². The van der Waals surface area contributed by atoms with E-state index in [4.69, 9.17) is 5.73 Å². The van der Waals surface area contributed by atoms with Gasteiger partial charge in [0.15, 0.2) is 0 Å². The van der Waals surface area contributed by atoms with Gasteiger partial charge in [0.1, 0.15) is 5.69 Å². The molecule has 92 valence electrons. The van der Waals surface area contributed by atoms with Crippen LogP contribution >= 0.6 is 0 Å². The van der Waals surface area contributed by atoms with Crippen LogP contribution in [0.3, 0.4) is 0 Å². The molecule has 2 rings (SSSR count). The van der Waals surface area contributed by atoms with Gasteiger partial charge in [0.2, 0.25) is 0 Å². The van der Waals surface area contributed by atoms with Crippen LogP contribution in [0.1, 0.15) is 36.2 Å². The van der Waals surface area contributed by atoms with E-state index in [0.717, 1.165) is 32.2 Å². The number of nitrogens with zero attached hydrogens (tertiary/aromatic N) is 1. The fourth-order valence-electron chi connectivity index (χ4n) is 2.22. The summed E-state index contributed by atoms with van der Waals surface area (Å²) in [7, 11) is 0. The molecule has 3 N–H and O–H groups in total. The molecule has 4 nitrogen and oxygen atoms in total. The first-order valence-electron chi connectivity index (χ1n) is 6.20. The Morgan fingerprint density at radius 3 is 2.76 bits per heavy atom. The summed E-state index contributed by atoms with van der Waals surface area (Å²) in [6, 6.07) is 5.71. The van der Waals surface area contributed by atoms with Gasteiger partial charge in [-0.25, -0.2) is 0 Å². The van der Waals surface area contributed by atoms with E-state index < -0.39 is 0 Å². The van der Waals surface area contributed by atoms with Gasteiger partial charge in [-0.05, 0) is 43.7 Å². The van der Waals surface area contributed by atoms with Crippen molar-refractivity contribution in [3.8, 4) is 0 Å². The van der Waals surface area contributed by atoms with Crippen molar-refractivity contribution in [2.24, 2.45) is 11.7 Å². The van der Waals surface area contributed by atoms with Crippen molar-refractivity contribution < 1.29 is 4.79 Å². The molecule has 0 unspecified atom stereocenters. The predicted molar refractivity (Wildman–Crippen MR) is 66.5 cm³/mol. The summed E-state index contributed by atoms with van der Waals surface area (Å²) in [5.74, 6) is 0.489. The Morgan fingerprint density at radius 2 is 2.12 bits per heavy atom. The Hall–Kier alpha value is -1.42. The molecule has 0 atom stereocenters. The first-order valence-corrected chi connectivity index (χ1v) is 6.20. The maximum atomic E-state index is 11.8. The number of carbonyl (C=O) groups excluding carboxylic acids is 1. The fourth-order valence-corrected chi connectivity index (χ4v) is 2.22. The Balaban J connectivity index is 1.77. The molecule has 0 spiro atoms. The van der Waals surface area contributed by atoms with Crippen LogP contribution in [0.2, 0.25) is 0 Å². The number of nitrogens with two attached hydrogens (primary N) is 1. The van der Waals surface area contributed by atoms with Crippen LogP contribution in [0, 0.1) is 5.92 Å². The van der Waals surface area contributed by atoms with Gasteiger partial charge in [-0.15, -0.1) is 0 Å². The lowest BCUT2D eigenvalue weighted by molar-refractivity contribution is 0.0938. The first-order chi connectivity index (χ1) is 8.25. The molecule has 1 heterocycles. The number of carbonyl (C=O) groups is 1. The maximum absolute atomic E-state index is 11.8. The van der Waals surface area contributed by atoms with E-state index in [1.54, 1.807) is 18.3 Å². The third-order valence-electron chi connectivity index (χ3n) is 3.34. The average molecular weight is 233 g/mol. The molecule has 1 aromatic heterocycles. The highest BCUT2D eigenvalue weighted by Crippen LogP contribution is 2.22. The third kappa shape index (κ3) is 3.53. The summed E-state index contributed by atoms with van der Waals surface area (Å²) < 4.78 is 0. The van der Waals surface area contributed by atoms with Crippen LogP contribution in [-0.4, -0.2) is 23.5 Å². The second kappa shape index (κ2) is 5.77. The van der Waals surface area contributed by atoms with E-state index in [2.05, 4.69) is 10.3 Å². The van der Waals surface area contributed by atoms with Gasteiger partial charge in [0, 0.05) is 18.8 Å². The minimum atomic E-state index is -0.0829. The minimum absolute atomic E-state index is 0.0829. The SMILES string of the molecule is NC1CCC(CNC(=O)c2ccccn2)CC1. The molecule has 4 heteroatoms. The van der Waals surface area contributed by atoms with Crippen molar-refractivity contribution in [1.29, 1.82) is 0 Å². The van der Waals surface area contributed by atoms with E-state index in [9.17, 15) is 4.79 Å². The second-order valence-electron chi connectivity index (χ2n) is 4.71. The summed E-state index contributed by atoms with van der Waals surface area (Å²) in [6.07, 6.45) is 6.01. The van der Waals surface area contributed by atoms with Gasteiger partial charge in [0.05, 0.1) is 0 Å². The standard InChI is InChI=1S/C13H19N3O/c14-11-6-4-10(5-7-11)9-16-13(17)12-3-1-2-8-15-12/h1-3,8,10-11H,4-7,9,14H2,(H,16,17). The molecule has 0 radical (unpaired) electrons. The zero-order valence-electron chi connectivity index (χ0n) is 9.93. The number of hydrogen-bond donors (Lipinski definition) is 2. The van der Waals surface area contributed by atoms with Gasteiger partial charge in [-0.2, -0.15) is 0 Å². The Bertz CT molecular complexity index is 358. The summed E-state index contributed by atoms with van der Waals surface area (Å²) in [4.78, 5) is 15.8. The highest BCUT2D eigenvalue weighted by Gasteiger charge is 2.19. The Kier molecular flexibility index (Phi) is 4.09. The second-order valence-corrected chi connectivity index (χ2v) is 4.71. The van der Waals surface area contributed by atoms with Crippen molar-refractivity contribution in [2.45, 2.75) is 31.7 Å². The molecule has 1 amide bonds. The summed E-state index contributed by atoms with van der Waals surface area (Å²) in [5, 5.41) is 2.94. The lowest BCUT2D eigenvalue weighted by Crippen LogP contribution is -2.34. The highest BCUT2D eigenvalue weighted by atomic mass is 16.1. The lowest BCUT2D eigenvalue weighted by atomic mass is 9.86. The molecule has 0 saturated heterocycles. The van der Waals surface area contributed by atoms with Crippen molar-refractivity contribution in [3.05, 3.63) is 30.1 Å². The van der Waals surface area contributed by atoms with E-state index in [1.807, 2.05) is 6.07 Å². The normalized spacial score (nSPS) is 24.3. The quantitative estimate of drug-likeness (QED) is 0.827.